The summed E-state index contributed by atoms with van der Waals surface area (Å²) in [5.41, 5.74) is -0.404. The minimum absolute atomic E-state index is 0.0141. The van der Waals surface area contributed by atoms with Gasteiger partial charge in [0, 0.05) is 17.6 Å². The number of furan rings is 1. The summed E-state index contributed by atoms with van der Waals surface area (Å²) in [5, 5.41) is 19.3. The molecule has 140 valence electrons. The molecule has 0 unspecified atom stereocenters. The molecule has 0 aliphatic heterocycles. The highest BCUT2D eigenvalue weighted by Crippen LogP contribution is 2.25. The molecule has 1 amide bonds. The number of benzene rings is 1. The Morgan fingerprint density at radius 3 is 2.81 bits per heavy atom. The van der Waals surface area contributed by atoms with E-state index < -0.39 is 10.8 Å². The van der Waals surface area contributed by atoms with Crippen LogP contribution in [0.3, 0.4) is 0 Å². The van der Waals surface area contributed by atoms with Crippen molar-refractivity contribution < 1.29 is 18.6 Å². The lowest BCUT2D eigenvalue weighted by Gasteiger charge is -2.20. The monoisotopic (exact) mass is 390 g/mol. The van der Waals surface area contributed by atoms with Gasteiger partial charge in [0.2, 0.25) is 5.89 Å². The van der Waals surface area contributed by atoms with E-state index in [-0.39, 0.29) is 34.6 Å². The summed E-state index contributed by atoms with van der Waals surface area (Å²) in [4.78, 5) is 24.9. The Morgan fingerprint density at radius 1 is 1.33 bits per heavy atom. The average Bonchev–Trinajstić information content (AvgIpc) is 3.32. The van der Waals surface area contributed by atoms with Crippen LogP contribution in [-0.4, -0.2) is 32.5 Å². The summed E-state index contributed by atoms with van der Waals surface area (Å²) in [7, 11) is 0. The third-order valence-electron chi connectivity index (χ3n) is 3.69. The highest BCUT2D eigenvalue weighted by molar-refractivity contribution is 6.31. The maximum Gasteiger partial charge on any atom is 0.283 e. The van der Waals surface area contributed by atoms with Gasteiger partial charge in [0.15, 0.2) is 5.76 Å². The van der Waals surface area contributed by atoms with Gasteiger partial charge in [0.05, 0.1) is 17.7 Å². The first-order valence-corrected chi connectivity index (χ1v) is 8.47. The molecule has 1 aromatic carbocycles. The number of aromatic nitrogens is 2. The molecule has 0 spiro atoms. The lowest BCUT2D eigenvalue weighted by Crippen LogP contribution is -2.32. The Balaban J connectivity index is 1.86. The van der Waals surface area contributed by atoms with Gasteiger partial charge in [-0.1, -0.05) is 18.5 Å². The van der Waals surface area contributed by atoms with E-state index in [1.807, 2.05) is 6.92 Å². The minimum atomic E-state index is -0.634. The van der Waals surface area contributed by atoms with Crippen LogP contribution in [0, 0.1) is 10.1 Å². The predicted molar refractivity (Wildman–Crippen MR) is 95.1 cm³/mol. The normalized spacial score (nSPS) is 10.7. The van der Waals surface area contributed by atoms with Gasteiger partial charge in [0.25, 0.3) is 17.5 Å². The summed E-state index contributed by atoms with van der Waals surface area (Å²) >= 11 is 5.82. The number of nitro groups is 1. The van der Waals surface area contributed by atoms with Crippen LogP contribution < -0.4 is 0 Å². The van der Waals surface area contributed by atoms with E-state index >= 15 is 0 Å². The lowest BCUT2D eigenvalue weighted by molar-refractivity contribution is -0.385. The van der Waals surface area contributed by atoms with Gasteiger partial charge < -0.3 is 13.7 Å². The fourth-order valence-corrected chi connectivity index (χ4v) is 2.68. The van der Waals surface area contributed by atoms with E-state index in [9.17, 15) is 14.9 Å². The molecular weight excluding hydrogens is 376 g/mol. The van der Waals surface area contributed by atoms with E-state index in [1.165, 1.54) is 23.3 Å². The number of hydrogen-bond donors (Lipinski definition) is 0. The van der Waals surface area contributed by atoms with Crippen LogP contribution in [0.4, 0.5) is 5.69 Å². The summed E-state index contributed by atoms with van der Waals surface area (Å²) in [6.07, 6.45) is 2.12. The van der Waals surface area contributed by atoms with Gasteiger partial charge in [-0.25, -0.2) is 0 Å². The molecule has 0 bridgehead atoms. The van der Waals surface area contributed by atoms with Crippen molar-refractivity contribution in [3.8, 4) is 11.7 Å². The van der Waals surface area contributed by atoms with E-state index in [0.717, 1.165) is 6.07 Å². The van der Waals surface area contributed by atoms with E-state index in [2.05, 4.69) is 10.2 Å². The zero-order chi connectivity index (χ0) is 19.4. The van der Waals surface area contributed by atoms with Gasteiger partial charge in [0.1, 0.15) is 5.56 Å². The fraction of sp³-hybridized carbons (Fsp3) is 0.235. The molecule has 2 aromatic heterocycles. The van der Waals surface area contributed by atoms with Crippen LogP contribution >= 0.6 is 11.6 Å². The third kappa shape index (κ3) is 4.14. The van der Waals surface area contributed by atoms with Crippen molar-refractivity contribution >= 4 is 23.2 Å². The van der Waals surface area contributed by atoms with Crippen molar-refractivity contribution in [2.75, 3.05) is 6.54 Å². The van der Waals surface area contributed by atoms with Crippen molar-refractivity contribution in [3.05, 3.63) is 63.2 Å². The molecule has 0 N–H and O–H groups in total. The van der Waals surface area contributed by atoms with Crippen molar-refractivity contribution in [3.63, 3.8) is 0 Å². The lowest BCUT2D eigenvalue weighted by atomic mass is 10.1. The first-order valence-electron chi connectivity index (χ1n) is 8.09. The molecule has 0 saturated carbocycles. The van der Waals surface area contributed by atoms with Gasteiger partial charge in [-0.2, -0.15) is 0 Å². The van der Waals surface area contributed by atoms with Crippen LogP contribution in [0.5, 0.6) is 0 Å². The standard InChI is InChI=1S/C17H15ClN4O5/c1-2-7-21(10-15-19-20-16(27-15)14-4-3-8-26-14)17(23)12-6-5-11(18)9-13(12)22(24)25/h3-6,8-9H,2,7,10H2,1H3. The van der Waals surface area contributed by atoms with Crippen molar-refractivity contribution in [1.29, 1.82) is 0 Å². The number of hydrogen-bond acceptors (Lipinski definition) is 7. The van der Waals surface area contributed by atoms with Gasteiger partial charge >= 0.3 is 0 Å². The number of carbonyl (C=O) groups is 1. The molecule has 0 fully saturated rings. The highest BCUT2D eigenvalue weighted by Gasteiger charge is 2.26. The van der Waals surface area contributed by atoms with Crippen molar-refractivity contribution in [1.82, 2.24) is 15.1 Å². The van der Waals surface area contributed by atoms with E-state index in [4.69, 9.17) is 20.4 Å². The molecule has 0 aliphatic rings. The second kappa shape index (κ2) is 8.00. The van der Waals surface area contributed by atoms with E-state index in [0.29, 0.717) is 18.7 Å². The molecule has 0 radical (unpaired) electrons. The number of carbonyl (C=O) groups excluding carboxylic acids is 1. The van der Waals surface area contributed by atoms with Gasteiger partial charge in [-0.05, 0) is 30.7 Å². The zero-order valence-electron chi connectivity index (χ0n) is 14.3. The number of amides is 1. The highest BCUT2D eigenvalue weighted by atomic mass is 35.5. The van der Waals surface area contributed by atoms with E-state index in [1.54, 1.807) is 12.1 Å². The number of halogens is 1. The first-order chi connectivity index (χ1) is 13.0. The number of nitro benzene ring substituents is 1. The number of nitrogens with zero attached hydrogens (tertiary/aromatic N) is 4. The average molecular weight is 391 g/mol. The van der Waals surface area contributed by atoms with Crippen LogP contribution in [0.2, 0.25) is 5.02 Å². The molecule has 27 heavy (non-hydrogen) atoms. The number of rotatable bonds is 7. The minimum Gasteiger partial charge on any atom is -0.459 e. The third-order valence-corrected chi connectivity index (χ3v) is 3.93. The Kier molecular flexibility index (Phi) is 5.51. The molecule has 0 aliphatic carbocycles. The molecular formula is C17H15ClN4O5. The Labute approximate surface area is 158 Å². The first kappa shape index (κ1) is 18.6. The molecule has 10 heteroatoms. The summed E-state index contributed by atoms with van der Waals surface area (Å²) in [5.74, 6) is 0.282. The second-order valence-electron chi connectivity index (χ2n) is 5.62. The molecule has 3 aromatic rings. The van der Waals surface area contributed by atoms with Crippen molar-refractivity contribution in [2.45, 2.75) is 19.9 Å². The maximum absolute atomic E-state index is 12.9. The molecule has 9 nitrogen and oxygen atoms in total. The summed E-state index contributed by atoms with van der Waals surface area (Å²) < 4.78 is 10.7. The SMILES string of the molecule is CCCN(Cc1nnc(-c2ccco2)o1)C(=O)c1ccc(Cl)cc1[N+](=O)[O-]. The molecule has 2 heterocycles. The molecule has 0 saturated heterocycles. The Morgan fingerprint density at radius 2 is 2.15 bits per heavy atom. The maximum atomic E-state index is 12.9. The van der Waals surface area contributed by atoms with Crippen LogP contribution in [0.1, 0.15) is 29.6 Å². The quantitative estimate of drug-likeness (QED) is 0.443. The molecule has 0 atom stereocenters. The topological polar surface area (TPSA) is 116 Å². The van der Waals surface area contributed by atoms with Gasteiger partial charge in [-0.3, -0.25) is 14.9 Å². The smallest absolute Gasteiger partial charge is 0.283 e. The van der Waals surface area contributed by atoms with Crippen molar-refractivity contribution in [2.24, 2.45) is 0 Å². The Bertz CT molecular complexity index is 954. The second-order valence-corrected chi connectivity index (χ2v) is 6.06. The summed E-state index contributed by atoms with van der Waals surface area (Å²) in [6.45, 7) is 2.26. The summed E-state index contributed by atoms with van der Waals surface area (Å²) in [6, 6.07) is 7.29. The Hall–Kier alpha value is -3.20. The zero-order valence-corrected chi connectivity index (χ0v) is 15.0. The predicted octanol–water partition coefficient (Wildman–Crippen LogP) is 3.94. The van der Waals surface area contributed by atoms with Crippen LogP contribution in [-0.2, 0) is 6.54 Å². The van der Waals surface area contributed by atoms with Crippen LogP contribution in [0.25, 0.3) is 11.7 Å². The fourth-order valence-electron chi connectivity index (χ4n) is 2.51. The largest absolute Gasteiger partial charge is 0.459 e. The van der Waals surface area contributed by atoms with Crippen LogP contribution in [0.15, 0.2) is 45.4 Å². The molecule has 3 rings (SSSR count). The van der Waals surface area contributed by atoms with Gasteiger partial charge in [-0.15, -0.1) is 10.2 Å².